The fourth-order valence-electron chi connectivity index (χ4n) is 4.46. The second kappa shape index (κ2) is 11.4. The van der Waals surface area contributed by atoms with Crippen molar-refractivity contribution < 1.29 is 9.18 Å². The lowest BCUT2D eigenvalue weighted by Gasteiger charge is -2.35. The Morgan fingerprint density at radius 1 is 1.03 bits per heavy atom. The van der Waals surface area contributed by atoms with Gasteiger partial charge in [-0.25, -0.2) is 24.1 Å². The molecule has 0 atom stereocenters. The van der Waals surface area contributed by atoms with Gasteiger partial charge in [0.25, 0.3) is 0 Å². The van der Waals surface area contributed by atoms with E-state index in [4.69, 9.17) is 15.0 Å². The van der Waals surface area contributed by atoms with Crippen LogP contribution in [0.1, 0.15) is 11.4 Å². The van der Waals surface area contributed by atoms with Crippen LogP contribution >= 0.6 is 0 Å². The molecule has 1 fully saturated rings. The predicted octanol–water partition coefficient (Wildman–Crippen LogP) is 4.77. The summed E-state index contributed by atoms with van der Waals surface area (Å²) in [5.41, 5.74) is 4.82. The molecule has 194 valence electrons. The van der Waals surface area contributed by atoms with Gasteiger partial charge in [-0.2, -0.15) is 0 Å². The lowest BCUT2D eigenvalue weighted by Crippen LogP contribution is -2.50. The van der Waals surface area contributed by atoms with Crippen molar-refractivity contribution in [2.75, 3.05) is 42.9 Å². The van der Waals surface area contributed by atoms with Crippen molar-refractivity contribution in [1.29, 1.82) is 0 Å². The van der Waals surface area contributed by atoms with E-state index in [1.54, 1.807) is 18.2 Å². The largest absolute Gasteiger partial charge is 0.351 e. The average Bonchev–Trinajstić information content (AvgIpc) is 2.93. The van der Waals surface area contributed by atoms with Gasteiger partial charge in [-0.3, -0.25) is 0 Å². The maximum atomic E-state index is 13.5. The molecule has 9 heteroatoms. The van der Waals surface area contributed by atoms with E-state index in [-0.39, 0.29) is 11.8 Å². The van der Waals surface area contributed by atoms with E-state index >= 15 is 0 Å². The van der Waals surface area contributed by atoms with Gasteiger partial charge in [-0.1, -0.05) is 18.2 Å². The first-order chi connectivity index (χ1) is 18.5. The molecule has 2 aromatic heterocycles. The molecule has 0 radical (unpaired) electrons. The minimum Gasteiger partial charge on any atom is -0.351 e. The zero-order valence-electron chi connectivity index (χ0n) is 21.3. The molecule has 0 saturated carbocycles. The van der Waals surface area contributed by atoms with Gasteiger partial charge >= 0.3 is 6.03 Å². The highest BCUT2D eigenvalue weighted by molar-refractivity contribution is 5.90. The standard InChI is InChI=1S/C29H30FN7O/c1-3-13-31-19-26-33-25-12-11-24(21-7-9-22(30)10-8-21)34-27(25)28(35-26)36-14-16-37(17-15-36)29(38)32-23-6-4-5-20(2)18-23/h3-12,18,31H,1,13-17,19H2,2H3,(H,32,38). The van der Waals surface area contributed by atoms with Crippen LogP contribution in [0.2, 0.25) is 0 Å². The maximum Gasteiger partial charge on any atom is 0.321 e. The van der Waals surface area contributed by atoms with Gasteiger partial charge in [0, 0.05) is 44.0 Å². The number of aromatic nitrogens is 3. The average molecular weight is 512 g/mol. The van der Waals surface area contributed by atoms with Gasteiger partial charge in [0.15, 0.2) is 5.82 Å². The number of halogens is 1. The fraction of sp³-hybridized carbons (Fsp3) is 0.241. The molecular formula is C29H30FN7O. The first kappa shape index (κ1) is 25.3. The maximum absolute atomic E-state index is 13.5. The Bertz CT molecular complexity index is 1450. The number of nitrogens with zero attached hydrogens (tertiary/aromatic N) is 5. The van der Waals surface area contributed by atoms with Gasteiger partial charge in [0.05, 0.1) is 17.8 Å². The predicted molar refractivity (Wildman–Crippen MR) is 149 cm³/mol. The summed E-state index contributed by atoms with van der Waals surface area (Å²) in [5.74, 6) is 1.10. The second-order valence-electron chi connectivity index (χ2n) is 9.23. The summed E-state index contributed by atoms with van der Waals surface area (Å²) in [6.45, 7) is 9.19. The number of carbonyl (C=O) groups excluding carboxylic acids is 1. The zero-order chi connectivity index (χ0) is 26.5. The van der Waals surface area contributed by atoms with Gasteiger partial charge < -0.3 is 20.4 Å². The third kappa shape index (κ3) is 5.78. The van der Waals surface area contributed by atoms with E-state index in [1.807, 2.05) is 48.2 Å². The Labute approximate surface area is 221 Å². The van der Waals surface area contributed by atoms with Crippen molar-refractivity contribution in [3.05, 3.63) is 90.5 Å². The Morgan fingerprint density at radius 2 is 1.82 bits per heavy atom. The molecule has 0 bridgehead atoms. The van der Waals surface area contributed by atoms with E-state index in [0.29, 0.717) is 50.6 Å². The second-order valence-corrected chi connectivity index (χ2v) is 9.23. The SMILES string of the molecule is C=CCNCc1nc(N2CCN(C(=O)Nc3cccc(C)c3)CC2)c2nc(-c3ccc(F)cc3)ccc2n1. The number of pyridine rings is 1. The molecule has 1 saturated heterocycles. The number of hydrogen-bond donors (Lipinski definition) is 2. The molecule has 2 N–H and O–H groups in total. The first-order valence-corrected chi connectivity index (χ1v) is 12.6. The Balaban J connectivity index is 1.39. The third-order valence-electron chi connectivity index (χ3n) is 6.42. The topological polar surface area (TPSA) is 86.3 Å². The monoisotopic (exact) mass is 511 g/mol. The van der Waals surface area contributed by atoms with Crippen LogP contribution in [-0.4, -0.2) is 58.6 Å². The van der Waals surface area contributed by atoms with Gasteiger partial charge in [-0.15, -0.1) is 6.58 Å². The minimum absolute atomic E-state index is 0.117. The van der Waals surface area contributed by atoms with Crippen LogP contribution < -0.4 is 15.5 Å². The fourth-order valence-corrected chi connectivity index (χ4v) is 4.46. The van der Waals surface area contributed by atoms with Crippen molar-refractivity contribution in [3.8, 4) is 11.3 Å². The summed E-state index contributed by atoms with van der Waals surface area (Å²) < 4.78 is 13.5. The number of benzene rings is 2. The third-order valence-corrected chi connectivity index (χ3v) is 6.42. The summed E-state index contributed by atoms with van der Waals surface area (Å²) in [6.07, 6.45) is 1.79. The quantitative estimate of drug-likeness (QED) is 0.275. The van der Waals surface area contributed by atoms with Crippen LogP contribution in [0.3, 0.4) is 0 Å². The normalized spacial score (nSPS) is 13.5. The Morgan fingerprint density at radius 3 is 2.55 bits per heavy atom. The minimum atomic E-state index is -0.292. The van der Waals surface area contributed by atoms with Gasteiger partial charge in [0.1, 0.15) is 17.2 Å². The number of fused-ring (bicyclic) bond motifs is 1. The van der Waals surface area contributed by atoms with Crippen LogP contribution in [0.15, 0.2) is 73.3 Å². The number of piperazine rings is 1. The molecule has 5 rings (SSSR count). The van der Waals surface area contributed by atoms with E-state index < -0.39 is 0 Å². The Kier molecular flexibility index (Phi) is 7.55. The van der Waals surface area contributed by atoms with Crippen LogP contribution in [0.5, 0.6) is 0 Å². The number of aryl methyl sites for hydroxylation is 1. The van der Waals surface area contributed by atoms with Crippen LogP contribution in [-0.2, 0) is 6.54 Å². The molecule has 1 aliphatic rings. The molecule has 8 nitrogen and oxygen atoms in total. The Hall–Kier alpha value is -4.37. The number of urea groups is 1. The highest BCUT2D eigenvalue weighted by Crippen LogP contribution is 2.27. The molecule has 0 unspecified atom stereocenters. The number of hydrogen-bond acceptors (Lipinski definition) is 6. The summed E-state index contributed by atoms with van der Waals surface area (Å²) >= 11 is 0. The summed E-state index contributed by atoms with van der Waals surface area (Å²) in [4.78, 5) is 31.3. The molecule has 3 heterocycles. The summed E-state index contributed by atoms with van der Waals surface area (Å²) in [5, 5.41) is 6.25. The smallest absolute Gasteiger partial charge is 0.321 e. The molecule has 38 heavy (non-hydrogen) atoms. The lowest BCUT2D eigenvalue weighted by molar-refractivity contribution is 0.208. The van der Waals surface area contributed by atoms with Crippen molar-refractivity contribution in [2.45, 2.75) is 13.5 Å². The van der Waals surface area contributed by atoms with Crippen LogP contribution in [0.4, 0.5) is 20.7 Å². The van der Waals surface area contributed by atoms with E-state index in [9.17, 15) is 9.18 Å². The number of rotatable bonds is 7. The highest BCUT2D eigenvalue weighted by atomic mass is 19.1. The number of nitrogens with one attached hydrogen (secondary N) is 2. The number of amides is 2. The van der Waals surface area contributed by atoms with Crippen molar-refractivity contribution in [1.82, 2.24) is 25.2 Å². The van der Waals surface area contributed by atoms with Crippen LogP contribution in [0, 0.1) is 12.7 Å². The number of carbonyl (C=O) groups is 1. The molecule has 2 aromatic carbocycles. The molecular weight excluding hydrogens is 481 g/mol. The highest BCUT2D eigenvalue weighted by Gasteiger charge is 2.25. The molecule has 4 aromatic rings. The van der Waals surface area contributed by atoms with Crippen molar-refractivity contribution in [2.24, 2.45) is 0 Å². The molecule has 1 aliphatic heterocycles. The van der Waals surface area contributed by atoms with Gasteiger partial charge in [0.2, 0.25) is 0 Å². The van der Waals surface area contributed by atoms with Crippen LogP contribution in [0.25, 0.3) is 22.3 Å². The van der Waals surface area contributed by atoms with Gasteiger partial charge in [-0.05, 0) is 61.0 Å². The molecule has 0 aliphatic carbocycles. The first-order valence-electron chi connectivity index (χ1n) is 12.6. The summed E-state index contributed by atoms with van der Waals surface area (Å²) in [6, 6.07) is 17.7. The summed E-state index contributed by atoms with van der Waals surface area (Å²) in [7, 11) is 0. The zero-order valence-corrected chi connectivity index (χ0v) is 21.3. The van der Waals surface area contributed by atoms with Crippen molar-refractivity contribution in [3.63, 3.8) is 0 Å². The van der Waals surface area contributed by atoms with E-state index in [2.05, 4.69) is 22.1 Å². The van der Waals surface area contributed by atoms with Crippen molar-refractivity contribution >= 4 is 28.6 Å². The van der Waals surface area contributed by atoms with E-state index in [0.717, 1.165) is 33.8 Å². The number of anilines is 2. The lowest BCUT2D eigenvalue weighted by atomic mass is 10.1. The molecule has 0 spiro atoms. The molecule has 2 amide bonds. The van der Waals surface area contributed by atoms with E-state index in [1.165, 1.54) is 12.1 Å².